The lowest BCUT2D eigenvalue weighted by Gasteiger charge is -2.15. The minimum atomic E-state index is -2.47. The molecule has 4 nitrogen and oxygen atoms in total. The van der Waals surface area contributed by atoms with Crippen LogP contribution in [0.15, 0.2) is 18.2 Å². The molecule has 0 aliphatic heterocycles. The summed E-state index contributed by atoms with van der Waals surface area (Å²) in [6.45, 7) is -0.589. The zero-order valence-corrected chi connectivity index (χ0v) is 10.5. The number of nitrogens with two attached hydrogens (primary N) is 1. The van der Waals surface area contributed by atoms with Crippen LogP contribution >= 0.6 is 11.6 Å². The van der Waals surface area contributed by atoms with E-state index in [-0.39, 0.29) is 6.54 Å². The molecule has 1 aromatic rings. The summed E-state index contributed by atoms with van der Waals surface area (Å²) < 4.78 is 24.1. The monoisotopic (exact) mass is 277 g/mol. The van der Waals surface area contributed by atoms with E-state index in [4.69, 9.17) is 17.3 Å². The summed E-state index contributed by atoms with van der Waals surface area (Å²) in [6.07, 6.45) is -2.47. The molecule has 0 unspecified atom stereocenters. The quantitative estimate of drug-likeness (QED) is 0.810. The lowest BCUT2D eigenvalue weighted by molar-refractivity contribution is -0.117. The number of halogens is 3. The van der Waals surface area contributed by atoms with Gasteiger partial charge in [0.05, 0.1) is 23.8 Å². The third-order valence-corrected chi connectivity index (χ3v) is 2.44. The van der Waals surface area contributed by atoms with E-state index < -0.39 is 18.9 Å². The molecule has 0 heterocycles. The fourth-order valence-corrected chi connectivity index (χ4v) is 1.60. The molecule has 0 radical (unpaired) electrons. The lowest BCUT2D eigenvalue weighted by atomic mass is 10.3. The van der Waals surface area contributed by atoms with E-state index in [0.29, 0.717) is 16.4 Å². The number of carbonyl (C=O) groups is 1. The maximum absolute atomic E-state index is 12.1. The Bertz CT molecular complexity index is 429. The van der Waals surface area contributed by atoms with E-state index in [1.165, 1.54) is 18.0 Å². The summed E-state index contributed by atoms with van der Waals surface area (Å²) in [7, 11) is 1.44. The van der Waals surface area contributed by atoms with Crippen LogP contribution in [0.4, 0.5) is 20.2 Å². The van der Waals surface area contributed by atoms with E-state index in [1.54, 1.807) is 12.1 Å². The van der Waals surface area contributed by atoms with Gasteiger partial charge in [-0.3, -0.25) is 9.69 Å². The number of nitrogens with one attached hydrogen (secondary N) is 1. The van der Waals surface area contributed by atoms with Gasteiger partial charge in [0.2, 0.25) is 5.91 Å². The van der Waals surface area contributed by atoms with Gasteiger partial charge in [0.1, 0.15) is 0 Å². The molecule has 0 bridgehead atoms. The van der Waals surface area contributed by atoms with E-state index in [0.717, 1.165) is 0 Å². The van der Waals surface area contributed by atoms with Gasteiger partial charge in [-0.05, 0) is 25.2 Å². The van der Waals surface area contributed by atoms with Crippen molar-refractivity contribution < 1.29 is 13.6 Å². The molecule has 1 amide bonds. The smallest absolute Gasteiger partial charge is 0.251 e. The number of likely N-dealkylation sites (N-methyl/N-ethyl adjacent to an activating group) is 1. The zero-order valence-electron chi connectivity index (χ0n) is 9.79. The van der Waals surface area contributed by atoms with Crippen LogP contribution < -0.4 is 11.1 Å². The van der Waals surface area contributed by atoms with Gasteiger partial charge in [-0.1, -0.05) is 11.6 Å². The number of hydrogen-bond acceptors (Lipinski definition) is 3. The van der Waals surface area contributed by atoms with Crippen molar-refractivity contribution in [2.24, 2.45) is 0 Å². The standard InChI is InChI=1S/C11H14ClF2N3O/c1-17(5-10(13)14)6-11(18)16-9-3-2-7(15)4-8(9)12/h2-4,10H,5-6,15H2,1H3,(H,16,18). The van der Waals surface area contributed by atoms with Crippen LogP contribution in [0.3, 0.4) is 0 Å². The zero-order chi connectivity index (χ0) is 13.7. The van der Waals surface area contributed by atoms with Crippen molar-refractivity contribution in [3.05, 3.63) is 23.2 Å². The highest BCUT2D eigenvalue weighted by atomic mass is 35.5. The van der Waals surface area contributed by atoms with E-state index >= 15 is 0 Å². The van der Waals surface area contributed by atoms with Crippen LogP contribution in [0.1, 0.15) is 0 Å². The Hall–Kier alpha value is -1.40. The molecule has 0 spiro atoms. The van der Waals surface area contributed by atoms with Gasteiger partial charge in [0.15, 0.2) is 0 Å². The van der Waals surface area contributed by atoms with Gasteiger partial charge in [0.25, 0.3) is 6.43 Å². The Balaban J connectivity index is 2.54. The molecule has 0 saturated heterocycles. The molecule has 1 aromatic carbocycles. The molecular weight excluding hydrogens is 264 g/mol. The Morgan fingerprint density at radius 3 is 2.78 bits per heavy atom. The van der Waals surface area contributed by atoms with Crippen LogP contribution in [0.5, 0.6) is 0 Å². The molecule has 7 heteroatoms. The number of hydrogen-bond donors (Lipinski definition) is 2. The molecule has 0 fully saturated rings. The number of nitrogens with zero attached hydrogens (tertiary/aromatic N) is 1. The number of anilines is 2. The minimum absolute atomic E-state index is 0.134. The molecule has 0 aliphatic rings. The van der Waals surface area contributed by atoms with Crippen molar-refractivity contribution >= 4 is 28.9 Å². The van der Waals surface area contributed by atoms with Gasteiger partial charge >= 0.3 is 0 Å². The number of carbonyl (C=O) groups excluding carboxylic acids is 1. The second kappa shape index (κ2) is 6.51. The number of nitrogen functional groups attached to an aromatic ring is 1. The van der Waals surface area contributed by atoms with Crippen molar-refractivity contribution in [1.29, 1.82) is 0 Å². The summed E-state index contributed by atoms with van der Waals surface area (Å²) >= 11 is 5.87. The molecule has 0 aromatic heterocycles. The molecule has 3 N–H and O–H groups in total. The first kappa shape index (κ1) is 14.7. The summed E-state index contributed by atoms with van der Waals surface area (Å²) in [4.78, 5) is 12.8. The topological polar surface area (TPSA) is 58.4 Å². The van der Waals surface area contributed by atoms with Gasteiger partial charge in [0, 0.05) is 5.69 Å². The molecule has 0 atom stereocenters. The highest BCUT2D eigenvalue weighted by Gasteiger charge is 2.12. The minimum Gasteiger partial charge on any atom is -0.399 e. The van der Waals surface area contributed by atoms with Crippen LogP contribution in [-0.4, -0.2) is 37.4 Å². The molecular formula is C11H14ClF2N3O. The first-order chi connectivity index (χ1) is 8.38. The predicted molar refractivity (Wildman–Crippen MR) is 68.0 cm³/mol. The Morgan fingerprint density at radius 2 is 2.22 bits per heavy atom. The number of amides is 1. The van der Waals surface area contributed by atoms with Crippen molar-refractivity contribution in [2.75, 3.05) is 31.2 Å². The SMILES string of the molecule is CN(CC(=O)Nc1ccc(N)cc1Cl)CC(F)F. The van der Waals surface area contributed by atoms with E-state index in [1.807, 2.05) is 0 Å². The summed E-state index contributed by atoms with van der Waals surface area (Å²) in [5, 5.41) is 2.83. The van der Waals surface area contributed by atoms with Gasteiger partial charge < -0.3 is 11.1 Å². The van der Waals surface area contributed by atoms with Gasteiger partial charge in [-0.15, -0.1) is 0 Å². The van der Waals surface area contributed by atoms with Crippen LogP contribution in [0.2, 0.25) is 5.02 Å². The fraction of sp³-hybridized carbons (Fsp3) is 0.364. The second-order valence-electron chi connectivity index (χ2n) is 3.88. The highest BCUT2D eigenvalue weighted by molar-refractivity contribution is 6.34. The van der Waals surface area contributed by atoms with Crippen molar-refractivity contribution in [2.45, 2.75) is 6.43 Å². The largest absolute Gasteiger partial charge is 0.399 e. The van der Waals surface area contributed by atoms with Gasteiger partial charge in [-0.2, -0.15) is 0 Å². The maximum Gasteiger partial charge on any atom is 0.251 e. The number of alkyl halides is 2. The third-order valence-electron chi connectivity index (χ3n) is 2.13. The normalized spacial score (nSPS) is 11.0. The lowest BCUT2D eigenvalue weighted by Crippen LogP contribution is -2.33. The van der Waals surface area contributed by atoms with Crippen LogP contribution in [-0.2, 0) is 4.79 Å². The third kappa shape index (κ3) is 4.85. The van der Waals surface area contributed by atoms with Crippen LogP contribution in [0, 0.1) is 0 Å². The maximum atomic E-state index is 12.1. The molecule has 100 valence electrons. The molecule has 0 aliphatic carbocycles. The fourth-order valence-electron chi connectivity index (χ4n) is 1.37. The average molecular weight is 278 g/mol. The average Bonchev–Trinajstić information content (AvgIpc) is 2.20. The van der Waals surface area contributed by atoms with Gasteiger partial charge in [-0.25, -0.2) is 8.78 Å². The first-order valence-corrected chi connectivity index (χ1v) is 5.58. The summed E-state index contributed by atoms with van der Waals surface area (Å²) in [6, 6.07) is 4.65. The van der Waals surface area contributed by atoms with E-state index in [9.17, 15) is 13.6 Å². The Morgan fingerprint density at radius 1 is 1.56 bits per heavy atom. The summed E-state index contributed by atoms with van der Waals surface area (Å²) in [5.74, 6) is -0.412. The van der Waals surface area contributed by atoms with Crippen molar-refractivity contribution in [3.63, 3.8) is 0 Å². The van der Waals surface area contributed by atoms with E-state index in [2.05, 4.69) is 5.32 Å². The highest BCUT2D eigenvalue weighted by Crippen LogP contribution is 2.23. The second-order valence-corrected chi connectivity index (χ2v) is 4.28. The molecule has 0 saturated carbocycles. The van der Waals surface area contributed by atoms with Crippen molar-refractivity contribution in [3.8, 4) is 0 Å². The molecule has 18 heavy (non-hydrogen) atoms. The van der Waals surface area contributed by atoms with Crippen molar-refractivity contribution in [1.82, 2.24) is 4.90 Å². The first-order valence-electron chi connectivity index (χ1n) is 5.20. The predicted octanol–water partition coefficient (Wildman–Crippen LogP) is 2.06. The Kier molecular flexibility index (Phi) is 5.30. The Labute approximate surface area is 109 Å². The number of rotatable bonds is 5. The number of benzene rings is 1. The molecule has 1 rings (SSSR count). The van der Waals surface area contributed by atoms with Crippen LogP contribution in [0.25, 0.3) is 0 Å². The summed E-state index contributed by atoms with van der Waals surface area (Å²) in [5.41, 5.74) is 6.39.